The van der Waals surface area contributed by atoms with Gasteiger partial charge in [0.1, 0.15) is 11.5 Å². The third kappa shape index (κ3) is 4.86. The lowest BCUT2D eigenvalue weighted by Gasteiger charge is -2.32. The molecule has 2 heterocycles. The highest BCUT2D eigenvalue weighted by Crippen LogP contribution is 2.44. The Morgan fingerprint density at radius 1 is 1.13 bits per heavy atom. The van der Waals surface area contributed by atoms with Crippen molar-refractivity contribution in [2.24, 2.45) is 17.8 Å². The second kappa shape index (κ2) is 9.71. The van der Waals surface area contributed by atoms with Crippen molar-refractivity contribution in [1.82, 2.24) is 5.06 Å². The lowest BCUT2D eigenvalue weighted by molar-refractivity contribution is -0.182. The molecule has 6 heteroatoms. The van der Waals surface area contributed by atoms with Crippen molar-refractivity contribution in [2.45, 2.75) is 32.9 Å². The zero-order chi connectivity index (χ0) is 21.8. The van der Waals surface area contributed by atoms with Gasteiger partial charge in [-0.05, 0) is 36.1 Å². The minimum absolute atomic E-state index is 0.0335. The van der Waals surface area contributed by atoms with Crippen molar-refractivity contribution in [3.05, 3.63) is 59.7 Å². The van der Waals surface area contributed by atoms with Crippen LogP contribution in [0.3, 0.4) is 0 Å². The summed E-state index contributed by atoms with van der Waals surface area (Å²) < 4.78 is 16.9. The summed E-state index contributed by atoms with van der Waals surface area (Å²) in [5, 5.41) is 1.60. The number of hydrogen-bond donors (Lipinski definition) is 0. The zero-order valence-corrected chi connectivity index (χ0v) is 18.5. The number of fused-ring (bicyclic) bond motifs is 3. The highest BCUT2D eigenvalue weighted by atomic mass is 16.7. The summed E-state index contributed by atoms with van der Waals surface area (Å²) in [6.07, 6.45) is 0.747. The number of para-hydroxylation sites is 1. The van der Waals surface area contributed by atoms with Gasteiger partial charge in [0.15, 0.2) is 0 Å². The average molecular weight is 426 g/mol. The minimum Gasteiger partial charge on any atom is -0.497 e. The van der Waals surface area contributed by atoms with Gasteiger partial charge in [-0.2, -0.15) is 0 Å². The SMILES string of the molecule is COc1ccc(COC[C@@H](C)C[C@@H](C)C(=O)N2OC[C@H]3COc4ccccc4[C@H]32)cc1. The molecular formula is C25H31NO5. The van der Waals surface area contributed by atoms with E-state index in [2.05, 4.69) is 6.92 Å². The van der Waals surface area contributed by atoms with Crippen LogP contribution < -0.4 is 9.47 Å². The van der Waals surface area contributed by atoms with Crippen molar-refractivity contribution in [1.29, 1.82) is 0 Å². The molecule has 166 valence electrons. The van der Waals surface area contributed by atoms with E-state index in [0.29, 0.717) is 26.4 Å². The number of amides is 1. The molecule has 6 nitrogen and oxygen atoms in total. The predicted octanol–water partition coefficient (Wildman–Crippen LogP) is 4.40. The summed E-state index contributed by atoms with van der Waals surface area (Å²) >= 11 is 0. The van der Waals surface area contributed by atoms with Crippen LogP contribution in [0.5, 0.6) is 11.5 Å². The molecule has 4 atom stereocenters. The minimum atomic E-state index is -0.145. The van der Waals surface area contributed by atoms with Gasteiger partial charge in [0.2, 0.25) is 5.91 Å². The number of rotatable bonds is 8. The van der Waals surface area contributed by atoms with Gasteiger partial charge >= 0.3 is 0 Å². The fraction of sp³-hybridized carbons (Fsp3) is 0.480. The maximum Gasteiger partial charge on any atom is 0.249 e. The fourth-order valence-electron chi connectivity index (χ4n) is 4.40. The van der Waals surface area contributed by atoms with Crippen LogP contribution in [0.25, 0.3) is 0 Å². The molecule has 2 aromatic rings. The van der Waals surface area contributed by atoms with Crippen LogP contribution in [0, 0.1) is 17.8 Å². The highest BCUT2D eigenvalue weighted by Gasteiger charge is 2.44. The standard InChI is InChI=1S/C25H31NO5/c1-17(13-29-14-19-8-10-21(28-3)11-9-19)12-18(2)25(27)26-24-20(16-31-26)15-30-23-7-5-4-6-22(23)24/h4-11,17-18,20,24H,12-16H2,1-3H3/t17-,18+,20+,24-/m0/s1. The third-order valence-corrected chi connectivity index (χ3v) is 6.04. The summed E-state index contributed by atoms with van der Waals surface area (Å²) in [5.41, 5.74) is 2.14. The van der Waals surface area contributed by atoms with Gasteiger partial charge in [0, 0.05) is 24.0 Å². The number of benzene rings is 2. The lowest BCUT2D eigenvalue weighted by atomic mass is 9.90. The summed E-state index contributed by atoms with van der Waals surface area (Å²) in [5.74, 6) is 2.01. The van der Waals surface area contributed by atoms with Crippen molar-refractivity contribution >= 4 is 5.91 Å². The molecule has 2 aliphatic heterocycles. The second-order valence-corrected chi connectivity index (χ2v) is 8.62. The van der Waals surface area contributed by atoms with E-state index >= 15 is 0 Å². The van der Waals surface area contributed by atoms with Crippen LogP contribution in [0.2, 0.25) is 0 Å². The summed E-state index contributed by atoms with van der Waals surface area (Å²) in [6, 6.07) is 15.7. The summed E-state index contributed by atoms with van der Waals surface area (Å²) in [6.45, 7) is 6.34. The quantitative estimate of drug-likeness (QED) is 0.628. The first-order valence-electron chi connectivity index (χ1n) is 10.9. The van der Waals surface area contributed by atoms with Crippen molar-refractivity contribution in [3.8, 4) is 11.5 Å². The van der Waals surface area contributed by atoms with Crippen molar-refractivity contribution in [2.75, 3.05) is 26.9 Å². The van der Waals surface area contributed by atoms with Crippen LogP contribution in [0.15, 0.2) is 48.5 Å². The molecule has 0 aromatic heterocycles. The van der Waals surface area contributed by atoms with Gasteiger partial charge in [0.05, 0.1) is 33.0 Å². The monoisotopic (exact) mass is 425 g/mol. The van der Waals surface area contributed by atoms with Crippen LogP contribution in [-0.4, -0.2) is 37.9 Å². The van der Waals surface area contributed by atoms with Gasteiger partial charge in [0.25, 0.3) is 0 Å². The molecule has 0 unspecified atom stereocenters. The molecule has 0 spiro atoms. The molecule has 0 saturated carbocycles. The fourth-order valence-corrected chi connectivity index (χ4v) is 4.40. The Bertz CT molecular complexity index is 884. The second-order valence-electron chi connectivity index (χ2n) is 8.62. The van der Waals surface area contributed by atoms with Gasteiger partial charge in [-0.25, -0.2) is 5.06 Å². The predicted molar refractivity (Wildman–Crippen MR) is 117 cm³/mol. The summed E-state index contributed by atoms with van der Waals surface area (Å²) in [7, 11) is 1.66. The van der Waals surface area contributed by atoms with Crippen molar-refractivity contribution < 1.29 is 23.8 Å². The Kier molecular flexibility index (Phi) is 6.78. The number of nitrogens with zero attached hydrogens (tertiary/aromatic N) is 1. The Balaban J connectivity index is 1.29. The maximum atomic E-state index is 13.2. The Hall–Kier alpha value is -2.57. The van der Waals surface area contributed by atoms with E-state index in [-0.39, 0.29) is 29.7 Å². The van der Waals surface area contributed by atoms with Gasteiger partial charge < -0.3 is 14.2 Å². The van der Waals surface area contributed by atoms with Crippen LogP contribution in [0.1, 0.15) is 37.4 Å². The normalized spacial score (nSPS) is 21.6. The molecule has 0 radical (unpaired) electrons. The molecular weight excluding hydrogens is 394 g/mol. The first-order chi connectivity index (χ1) is 15.1. The van der Waals surface area contributed by atoms with E-state index in [1.165, 1.54) is 0 Å². The van der Waals surface area contributed by atoms with Crippen molar-refractivity contribution in [3.63, 3.8) is 0 Å². The number of hydrogen-bond acceptors (Lipinski definition) is 5. The van der Waals surface area contributed by atoms with E-state index in [1.54, 1.807) is 12.2 Å². The maximum absolute atomic E-state index is 13.2. The molecule has 1 fully saturated rings. The molecule has 0 aliphatic carbocycles. The van der Waals surface area contributed by atoms with Gasteiger partial charge in [-0.3, -0.25) is 9.63 Å². The van der Waals surface area contributed by atoms with Crippen LogP contribution >= 0.6 is 0 Å². The zero-order valence-electron chi connectivity index (χ0n) is 18.5. The van der Waals surface area contributed by atoms with E-state index in [1.807, 2.05) is 55.5 Å². The first kappa shape index (κ1) is 21.7. The van der Waals surface area contributed by atoms with Gasteiger partial charge in [-0.1, -0.05) is 44.2 Å². The Morgan fingerprint density at radius 3 is 2.68 bits per heavy atom. The molecule has 2 aliphatic rings. The molecule has 1 saturated heterocycles. The number of carbonyl (C=O) groups excluding carboxylic acids is 1. The molecule has 0 bridgehead atoms. The molecule has 0 N–H and O–H groups in total. The van der Waals surface area contributed by atoms with E-state index < -0.39 is 0 Å². The molecule has 4 rings (SSSR count). The number of ether oxygens (including phenoxy) is 3. The Morgan fingerprint density at radius 2 is 1.90 bits per heavy atom. The number of methoxy groups -OCH3 is 1. The third-order valence-electron chi connectivity index (χ3n) is 6.04. The van der Waals surface area contributed by atoms with Crippen LogP contribution in [-0.2, 0) is 21.0 Å². The van der Waals surface area contributed by atoms with E-state index in [4.69, 9.17) is 19.0 Å². The molecule has 1 amide bonds. The van der Waals surface area contributed by atoms with Gasteiger partial charge in [-0.15, -0.1) is 0 Å². The Labute approximate surface area is 184 Å². The number of hydroxylamine groups is 2. The van der Waals surface area contributed by atoms with Crippen LogP contribution in [0.4, 0.5) is 0 Å². The summed E-state index contributed by atoms with van der Waals surface area (Å²) in [4.78, 5) is 19.1. The highest BCUT2D eigenvalue weighted by molar-refractivity contribution is 5.78. The smallest absolute Gasteiger partial charge is 0.249 e. The number of carbonyl (C=O) groups is 1. The van der Waals surface area contributed by atoms with E-state index in [0.717, 1.165) is 29.0 Å². The largest absolute Gasteiger partial charge is 0.497 e. The average Bonchev–Trinajstić information content (AvgIpc) is 3.23. The molecule has 31 heavy (non-hydrogen) atoms. The topological polar surface area (TPSA) is 57.2 Å². The first-order valence-corrected chi connectivity index (χ1v) is 10.9. The molecule has 2 aromatic carbocycles. The lowest BCUT2D eigenvalue weighted by Crippen LogP contribution is -2.38. The van der Waals surface area contributed by atoms with E-state index in [9.17, 15) is 4.79 Å².